The maximum atomic E-state index is 2.27. The fourth-order valence-corrected chi connectivity index (χ4v) is 2.99. The van der Waals surface area contributed by atoms with E-state index in [-0.39, 0.29) is 15.2 Å². The number of unbranched alkanes of at least 4 members (excludes halogenated alkanes) is 1. The SMILES string of the molecule is CCC[CH2][AlH][c]1ccccc1. The van der Waals surface area contributed by atoms with Crippen molar-refractivity contribution in [3.8, 4) is 0 Å². The molecule has 0 aliphatic rings. The molecule has 58 valence electrons. The molecule has 0 unspecified atom stereocenters. The van der Waals surface area contributed by atoms with Crippen molar-refractivity contribution in [2.24, 2.45) is 0 Å². The van der Waals surface area contributed by atoms with Crippen molar-refractivity contribution >= 4 is 19.6 Å². The first-order chi connectivity index (χ1) is 5.43. The molecule has 0 bridgehead atoms. The molecular formula is C10H15Al. The molecule has 1 aromatic carbocycles. The Bertz CT molecular complexity index is 181. The van der Waals surface area contributed by atoms with E-state index in [1.807, 2.05) is 0 Å². The first-order valence-corrected chi connectivity index (χ1v) is 6.18. The van der Waals surface area contributed by atoms with Gasteiger partial charge in [-0.05, 0) is 0 Å². The summed E-state index contributed by atoms with van der Waals surface area (Å²) >= 11 is 0.0776. The van der Waals surface area contributed by atoms with Crippen LogP contribution in [0, 0.1) is 0 Å². The molecule has 0 saturated carbocycles. The summed E-state index contributed by atoms with van der Waals surface area (Å²) in [5.74, 6) is 0. The predicted octanol–water partition coefficient (Wildman–Crippen LogP) is 1.97. The predicted molar refractivity (Wildman–Crippen MR) is 52.9 cm³/mol. The molecule has 1 aromatic rings. The van der Waals surface area contributed by atoms with E-state index >= 15 is 0 Å². The van der Waals surface area contributed by atoms with Crippen LogP contribution in [0.3, 0.4) is 0 Å². The van der Waals surface area contributed by atoms with Gasteiger partial charge in [0.25, 0.3) is 15.2 Å². The van der Waals surface area contributed by atoms with Crippen molar-refractivity contribution < 1.29 is 0 Å². The van der Waals surface area contributed by atoms with Gasteiger partial charge in [0.15, 0.2) is 0 Å². The molecule has 0 heterocycles. The van der Waals surface area contributed by atoms with Crippen molar-refractivity contribution in [1.82, 2.24) is 0 Å². The number of hydrogen-bond acceptors (Lipinski definition) is 0. The molecule has 0 amide bonds. The van der Waals surface area contributed by atoms with Crippen LogP contribution in [-0.2, 0) is 0 Å². The average Bonchev–Trinajstić information content (AvgIpc) is 2.07. The summed E-state index contributed by atoms with van der Waals surface area (Å²) in [6.45, 7) is 2.26. The summed E-state index contributed by atoms with van der Waals surface area (Å²) in [6.07, 6.45) is 2.76. The number of benzene rings is 1. The van der Waals surface area contributed by atoms with Crippen LogP contribution in [0.5, 0.6) is 0 Å². The fourth-order valence-electron chi connectivity index (χ4n) is 1.22. The minimum atomic E-state index is 0.0776. The van der Waals surface area contributed by atoms with Crippen LogP contribution in [0.25, 0.3) is 0 Å². The van der Waals surface area contributed by atoms with Gasteiger partial charge in [-0.3, -0.25) is 0 Å². The molecule has 0 fully saturated rings. The second kappa shape index (κ2) is 5.41. The third-order valence-electron chi connectivity index (χ3n) is 1.91. The monoisotopic (exact) mass is 162 g/mol. The van der Waals surface area contributed by atoms with E-state index in [0.29, 0.717) is 0 Å². The molecule has 0 spiro atoms. The lowest BCUT2D eigenvalue weighted by Crippen LogP contribution is -2.11. The maximum absolute atomic E-state index is 2.27. The molecule has 0 nitrogen and oxygen atoms in total. The zero-order valence-electron chi connectivity index (χ0n) is 7.22. The lowest BCUT2D eigenvalue weighted by molar-refractivity contribution is 0.881. The molecule has 1 rings (SSSR count). The standard InChI is InChI=1S/C6H5.C4H9.Al.H/c1-2-4-6-5-3-1;1-3-4-2;;/h1-5H;1,3-4H2,2H3;;. The van der Waals surface area contributed by atoms with Crippen LogP contribution in [0.2, 0.25) is 5.28 Å². The molecule has 11 heavy (non-hydrogen) atoms. The first-order valence-electron chi connectivity index (χ1n) is 4.47. The average molecular weight is 162 g/mol. The van der Waals surface area contributed by atoms with Gasteiger partial charge in [-0.15, -0.1) is 4.43 Å². The summed E-state index contributed by atoms with van der Waals surface area (Å²) in [6, 6.07) is 10.9. The third kappa shape index (κ3) is 3.60. The van der Waals surface area contributed by atoms with Gasteiger partial charge in [-0.1, -0.05) is 55.4 Å². The Morgan fingerprint density at radius 1 is 1.18 bits per heavy atom. The van der Waals surface area contributed by atoms with Gasteiger partial charge in [0.2, 0.25) is 0 Å². The van der Waals surface area contributed by atoms with Crippen LogP contribution in [0.1, 0.15) is 19.8 Å². The van der Waals surface area contributed by atoms with Crippen LogP contribution in [0.15, 0.2) is 30.3 Å². The quantitative estimate of drug-likeness (QED) is 0.469. The number of rotatable bonds is 4. The van der Waals surface area contributed by atoms with E-state index in [4.69, 9.17) is 0 Å². The maximum Gasteiger partial charge on any atom is 0.282 e. The highest BCUT2D eigenvalue weighted by molar-refractivity contribution is 6.53. The van der Waals surface area contributed by atoms with Gasteiger partial charge in [0, 0.05) is 0 Å². The molecule has 1 heteroatoms. The zero-order chi connectivity index (χ0) is 7.94. The highest BCUT2D eigenvalue weighted by Crippen LogP contribution is 1.93. The smallest absolute Gasteiger partial charge is 0.116 e. The van der Waals surface area contributed by atoms with Crippen molar-refractivity contribution in [3.63, 3.8) is 0 Å². The van der Waals surface area contributed by atoms with Gasteiger partial charge < -0.3 is 0 Å². The molecule has 0 N–H and O–H groups in total. The highest BCUT2D eigenvalue weighted by atomic mass is 27.1. The fraction of sp³-hybridized carbons (Fsp3) is 0.400. The van der Waals surface area contributed by atoms with Gasteiger partial charge in [-0.2, -0.15) is 0 Å². The first kappa shape index (κ1) is 8.85. The Morgan fingerprint density at radius 2 is 1.91 bits per heavy atom. The zero-order valence-corrected chi connectivity index (χ0v) is 8.63. The second-order valence-corrected chi connectivity index (χ2v) is 4.97. The molecule has 0 radical (unpaired) electrons. The summed E-state index contributed by atoms with van der Waals surface area (Å²) < 4.78 is 1.61. The largest absolute Gasteiger partial charge is 0.282 e. The lowest BCUT2D eigenvalue weighted by atomic mass is 10.4. The molecule has 0 atom stereocenters. The van der Waals surface area contributed by atoms with E-state index in [2.05, 4.69) is 37.3 Å². The van der Waals surface area contributed by atoms with Gasteiger partial charge in [0.05, 0.1) is 0 Å². The molecule has 0 aromatic heterocycles. The van der Waals surface area contributed by atoms with Gasteiger partial charge in [0.1, 0.15) is 0 Å². The Hall–Kier alpha value is -0.248. The van der Waals surface area contributed by atoms with Crippen molar-refractivity contribution in [1.29, 1.82) is 0 Å². The van der Waals surface area contributed by atoms with Crippen molar-refractivity contribution in [2.45, 2.75) is 25.0 Å². The topological polar surface area (TPSA) is 0 Å². The Morgan fingerprint density at radius 3 is 2.55 bits per heavy atom. The van der Waals surface area contributed by atoms with Gasteiger partial charge >= 0.3 is 0 Å². The third-order valence-corrected chi connectivity index (χ3v) is 3.81. The van der Waals surface area contributed by atoms with E-state index in [0.717, 1.165) is 0 Å². The van der Waals surface area contributed by atoms with Crippen LogP contribution in [-0.4, -0.2) is 15.2 Å². The van der Waals surface area contributed by atoms with Crippen molar-refractivity contribution in [2.75, 3.05) is 0 Å². The van der Waals surface area contributed by atoms with Gasteiger partial charge in [-0.25, -0.2) is 0 Å². The highest BCUT2D eigenvalue weighted by Gasteiger charge is 1.94. The van der Waals surface area contributed by atoms with E-state index < -0.39 is 0 Å². The Kier molecular flexibility index (Phi) is 4.35. The molecule has 0 aliphatic carbocycles. The van der Waals surface area contributed by atoms with Crippen LogP contribution in [0.4, 0.5) is 0 Å². The Labute approximate surface area is 75.3 Å². The lowest BCUT2D eigenvalue weighted by Gasteiger charge is -1.95. The van der Waals surface area contributed by atoms with Crippen molar-refractivity contribution in [3.05, 3.63) is 30.3 Å². The number of hydrogen-bond donors (Lipinski definition) is 0. The summed E-state index contributed by atoms with van der Waals surface area (Å²) in [4.78, 5) is 0. The van der Waals surface area contributed by atoms with E-state index in [1.165, 1.54) is 18.1 Å². The van der Waals surface area contributed by atoms with E-state index in [1.54, 1.807) is 4.43 Å². The summed E-state index contributed by atoms with van der Waals surface area (Å²) in [7, 11) is 0. The summed E-state index contributed by atoms with van der Waals surface area (Å²) in [5, 5.41) is 1.47. The molecule has 0 aliphatic heterocycles. The second-order valence-electron chi connectivity index (χ2n) is 2.94. The molecular weight excluding hydrogens is 147 g/mol. The summed E-state index contributed by atoms with van der Waals surface area (Å²) in [5.41, 5.74) is 0. The van der Waals surface area contributed by atoms with Crippen LogP contribution < -0.4 is 4.43 Å². The molecule has 0 saturated heterocycles. The van der Waals surface area contributed by atoms with Crippen LogP contribution >= 0.6 is 0 Å². The normalized spacial score (nSPS) is 9.55. The van der Waals surface area contributed by atoms with E-state index in [9.17, 15) is 0 Å². The minimum absolute atomic E-state index is 0.0776. The minimum Gasteiger partial charge on any atom is -0.116 e. The Balaban J connectivity index is 2.28.